The topological polar surface area (TPSA) is 41.0 Å². The fourth-order valence-corrected chi connectivity index (χ4v) is 2.47. The van der Waals surface area contributed by atoms with E-state index in [0.29, 0.717) is 5.52 Å². The number of pyridine rings is 1. The van der Waals surface area contributed by atoms with Gasteiger partial charge in [-0.15, -0.1) is 0 Å². The molecule has 0 aliphatic rings. The molecular formula is C15H17N3O. The van der Waals surface area contributed by atoms with Crippen LogP contribution >= 0.6 is 0 Å². The van der Waals surface area contributed by atoms with E-state index < -0.39 is 0 Å². The maximum Gasteiger partial charge on any atom is 0.213 e. The largest absolute Gasteiger partial charge is 0.357 e. The molecule has 19 heavy (non-hydrogen) atoms. The van der Waals surface area contributed by atoms with Crippen LogP contribution in [0.2, 0.25) is 0 Å². The SMILES string of the molecule is CN(C)CCn1c2ccccc2c(=O)c2[nH]ccc21. The van der Waals surface area contributed by atoms with Crippen molar-refractivity contribution in [2.24, 2.45) is 0 Å². The van der Waals surface area contributed by atoms with E-state index in [0.717, 1.165) is 29.5 Å². The smallest absolute Gasteiger partial charge is 0.213 e. The number of nitrogens with one attached hydrogen (secondary N) is 1. The Balaban J connectivity index is 2.33. The van der Waals surface area contributed by atoms with Gasteiger partial charge in [0.15, 0.2) is 0 Å². The lowest BCUT2D eigenvalue weighted by Gasteiger charge is -2.16. The molecule has 0 amide bonds. The Morgan fingerprint density at radius 1 is 1.16 bits per heavy atom. The number of aromatic amines is 1. The molecule has 1 N–H and O–H groups in total. The Bertz CT molecular complexity index is 783. The Morgan fingerprint density at radius 2 is 1.95 bits per heavy atom. The van der Waals surface area contributed by atoms with Crippen molar-refractivity contribution in [2.75, 3.05) is 20.6 Å². The van der Waals surface area contributed by atoms with Gasteiger partial charge in [-0.25, -0.2) is 0 Å². The van der Waals surface area contributed by atoms with Crippen molar-refractivity contribution in [3.05, 3.63) is 46.8 Å². The number of benzene rings is 1. The molecular weight excluding hydrogens is 238 g/mol. The van der Waals surface area contributed by atoms with Gasteiger partial charge in [0.2, 0.25) is 5.43 Å². The van der Waals surface area contributed by atoms with E-state index in [4.69, 9.17) is 0 Å². The summed E-state index contributed by atoms with van der Waals surface area (Å²) in [6.45, 7) is 1.80. The second-order valence-electron chi connectivity index (χ2n) is 5.04. The van der Waals surface area contributed by atoms with E-state index in [-0.39, 0.29) is 5.43 Å². The number of rotatable bonds is 3. The standard InChI is InChI=1S/C15H17N3O/c1-17(2)9-10-18-12-6-4-3-5-11(12)15(19)14-13(18)7-8-16-14/h3-8,16H,9-10H2,1-2H3. The fourth-order valence-electron chi connectivity index (χ4n) is 2.47. The van der Waals surface area contributed by atoms with Crippen molar-refractivity contribution < 1.29 is 0 Å². The summed E-state index contributed by atoms with van der Waals surface area (Å²) in [6, 6.07) is 9.77. The van der Waals surface area contributed by atoms with Crippen LogP contribution < -0.4 is 5.43 Å². The van der Waals surface area contributed by atoms with Crippen LogP contribution in [-0.2, 0) is 6.54 Å². The second-order valence-corrected chi connectivity index (χ2v) is 5.04. The summed E-state index contributed by atoms with van der Waals surface area (Å²) in [5.74, 6) is 0. The Labute approximate surface area is 111 Å². The third-order valence-corrected chi connectivity index (χ3v) is 3.45. The van der Waals surface area contributed by atoms with E-state index in [1.54, 1.807) is 0 Å². The van der Waals surface area contributed by atoms with Gasteiger partial charge in [-0.3, -0.25) is 4.79 Å². The van der Waals surface area contributed by atoms with Crippen LogP contribution in [0.4, 0.5) is 0 Å². The molecule has 2 heterocycles. The molecule has 0 aliphatic carbocycles. The van der Waals surface area contributed by atoms with E-state index in [1.807, 2.05) is 36.5 Å². The molecule has 3 rings (SSSR count). The van der Waals surface area contributed by atoms with Crippen molar-refractivity contribution in [3.8, 4) is 0 Å². The lowest BCUT2D eigenvalue weighted by molar-refractivity contribution is 0.389. The van der Waals surface area contributed by atoms with E-state index in [9.17, 15) is 4.79 Å². The number of hydrogen-bond donors (Lipinski definition) is 1. The highest BCUT2D eigenvalue weighted by Crippen LogP contribution is 2.18. The minimum absolute atomic E-state index is 0.0803. The van der Waals surface area contributed by atoms with Gasteiger partial charge in [0, 0.05) is 24.7 Å². The Kier molecular flexibility index (Phi) is 2.87. The van der Waals surface area contributed by atoms with E-state index >= 15 is 0 Å². The molecule has 3 aromatic rings. The summed E-state index contributed by atoms with van der Waals surface area (Å²) in [4.78, 5) is 17.6. The summed E-state index contributed by atoms with van der Waals surface area (Å²) >= 11 is 0. The number of para-hydroxylation sites is 1. The highest BCUT2D eigenvalue weighted by atomic mass is 16.1. The van der Waals surface area contributed by atoms with Crippen LogP contribution in [0, 0.1) is 0 Å². The number of nitrogens with zero attached hydrogens (tertiary/aromatic N) is 2. The summed E-state index contributed by atoms with van der Waals surface area (Å²) in [5, 5.41) is 0.774. The summed E-state index contributed by atoms with van der Waals surface area (Å²) < 4.78 is 2.21. The molecule has 0 radical (unpaired) electrons. The molecule has 4 nitrogen and oxygen atoms in total. The molecule has 0 atom stereocenters. The predicted octanol–water partition coefficient (Wildman–Crippen LogP) is 2.04. The zero-order chi connectivity index (χ0) is 13.4. The molecule has 1 aromatic carbocycles. The first-order valence-corrected chi connectivity index (χ1v) is 6.42. The number of fused-ring (bicyclic) bond motifs is 2. The number of H-pyrrole nitrogens is 1. The predicted molar refractivity (Wildman–Crippen MR) is 78.6 cm³/mol. The van der Waals surface area contributed by atoms with E-state index in [2.05, 4.69) is 28.5 Å². The summed E-state index contributed by atoms with van der Waals surface area (Å²) in [7, 11) is 4.11. The van der Waals surface area contributed by atoms with Gasteiger partial charge in [0.25, 0.3) is 0 Å². The first-order valence-electron chi connectivity index (χ1n) is 6.42. The third kappa shape index (κ3) is 1.94. The first kappa shape index (κ1) is 12.0. The molecule has 0 spiro atoms. The zero-order valence-electron chi connectivity index (χ0n) is 11.2. The van der Waals surface area contributed by atoms with Crippen LogP contribution in [0.3, 0.4) is 0 Å². The average Bonchev–Trinajstić information content (AvgIpc) is 2.88. The fraction of sp³-hybridized carbons (Fsp3) is 0.267. The maximum atomic E-state index is 12.4. The van der Waals surface area contributed by atoms with E-state index in [1.165, 1.54) is 0 Å². The van der Waals surface area contributed by atoms with Gasteiger partial charge in [-0.05, 0) is 32.3 Å². The molecule has 0 saturated carbocycles. The quantitative estimate of drug-likeness (QED) is 0.778. The summed E-state index contributed by atoms with van der Waals surface area (Å²) in [5.41, 5.74) is 2.75. The van der Waals surface area contributed by atoms with Gasteiger partial charge < -0.3 is 14.5 Å². The van der Waals surface area contributed by atoms with Crippen molar-refractivity contribution in [3.63, 3.8) is 0 Å². The van der Waals surface area contributed by atoms with Gasteiger partial charge in [-0.2, -0.15) is 0 Å². The number of likely N-dealkylation sites (N-methyl/N-ethyl adjacent to an activating group) is 1. The molecule has 0 aliphatic heterocycles. The number of hydrogen-bond acceptors (Lipinski definition) is 2. The molecule has 2 aromatic heterocycles. The lowest BCUT2D eigenvalue weighted by Crippen LogP contribution is -2.20. The van der Waals surface area contributed by atoms with Crippen molar-refractivity contribution in [2.45, 2.75) is 6.54 Å². The van der Waals surface area contributed by atoms with Crippen molar-refractivity contribution in [1.82, 2.24) is 14.5 Å². The highest BCUT2D eigenvalue weighted by molar-refractivity contribution is 5.91. The van der Waals surface area contributed by atoms with Crippen LogP contribution in [-0.4, -0.2) is 35.1 Å². The minimum Gasteiger partial charge on any atom is -0.357 e. The van der Waals surface area contributed by atoms with Gasteiger partial charge in [0.05, 0.1) is 11.0 Å². The minimum atomic E-state index is 0.0803. The zero-order valence-corrected chi connectivity index (χ0v) is 11.2. The van der Waals surface area contributed by atoms with Crippen molar-refractivity contribution >= 4 is 21.9 Å². The van der Waals surface area contributed by atoms with Gasteiger partial charge in [-0.1, -0.05) is 12.1 Å². The molecule has 0 bridgehead atoms. The lowest BCUT2D eigenvalue weighted by atomic mass is 10.2. The normalized spacial score (nSPS) is 11.7. The summed E-state index contributed by atoms with van der Waals surface area (Å²) in [6.07, 6.45) is 1.83. The van der Waals surface area contributed by atoms with Crippen LogP contribution in [0.1, 0.15) is 0 Å². The molecule has 0 saturated heterocycles. The second kappa shape index (κ2) is 4.55. The first-order chi connectivity index (χ1) is 9.18. The van der Waals surface area contributed by atoms with Crippen molar-refractivity contribution in [1.29, 1.82) is 0 Å². The number of aromatic nitrogens is 2. The molecule has 98 valence electrons. The average molecular weight is 255 g/mol. The van der Waals surface area contributed by atoms with Crippen LogP contribution in [0.25, 0.3) is 21.9 Å². The maximum absolute atomic E-state index is 12.4. The third-order valence-electron chi connectivity index (χ3n) is 3.45. The molecule has 0 fully saturated rings. The van der Waals surface area contributed by atoms with Gasteiger partial charge in [0.1, 0.15) is 5.52 Å². The Hall–Kier alpha value is -2.07. The van der Waals surface area contributed by atoms with Gasteiger partial charge >= 0.3 is 0 Å². The van der Waals surface area contributed by atoms with Crippen LogP contribution in [0.5, 0.6) is 0 Å². The van der Waals surface area contributed by atoms with Crippen LogP contribution in [0.15, 0.2) is 41.3 Å². The molecule has 0 unspecified atom stereocenters. The highest BCUT2D eigenvalue weighted by Gasteiger charge is 2.10. The Morgan fingerprint density at radius 3 is 2.74 bits per heavy atom. The molecule has 4 heteroatoms. The monoisotopic (exact) mass is 255 g/mol.